The second kappa shape index (κ2) is 15.8. The SMILES string of the molecule is OC[C@H]1O[C@@H](c2ccc(-c3ccc([C@@H]4[C@H](CCC(O)c5ccc(F)cc5)CC(=S)N4c4ccc(-c5ccccc5)cc4)c(O)c3)cc2)[C@H](O)[C@@H](O)[C@@H]1O. The van der Waals surface area contributed by atoms with Crippen molar-refractivity contribution in [3.63, 3.8) is 0 Å². The summed E-state index contributed by atoms with van der Waals surface area (Å²) in [6.45, 7) is -0.511. The van der Waals surface area contributed by atoms with Crippen LogP contribution in [0.15, 0.2) is 121 Å². The number of rotatable bonds is 10. The number of aliphatic hydroxyl groups is 5. The van der Waals surface area contributed by atoms with Gasteiger partial charge in [0.1, 0.15) is 42.1 Å². The number of benzene rings is 5. The van der Waals surface area contributed by atoms with Crippen molar-refractivity contribution in [2.75, 3.05) is 11.5 Å². The molecule has 0 saturated carbocycles. The molecule has 5 aromatic carbocycles. The van der Waals surface area contributed by atoms with Crippen LogP contribution in [0.1, 0.15) is 54.2 Å². The van der Waals surface area contributed by atoms with Crippen LogP contribution in [-0.2, 0) is 4.74 Å². The number of nitrogens with zero attached hydrogens (tertiary/aromatic N) is 1. The minimum Gasteiger partial charge on any atom is -0.508 e. The molecule has 2 heterocycles. The molecule has 53 heavy (non-hydrogen) atoms. The molecule has 7 rings (SSSR count). The van der Waals surface area contributed by atoms with E-state index in [0.29, 0.717) is 36.0 Å². The number of ether oxygens (including phenoxy) is 1. The fourth-order valence-corrected chi connectivity index (χ4v) is 8.08. The molecule has 2 aliphatic rings. The second-order valence-electron chi connectivity index (χ2n) is 13.9. The molecule has 1 unspecified atom stereocenters. The van der Waals surface area contributed by atoms with Gasteiger partial charge >= 0.3 is 0 Å². The van der Waals surface area contributed by atoms with E-state index in [-0.39, 0.29) is 23.5 Å². The maximum absolute atomic E-state index is 13.6. The molecule has 8 atom stereocenters. The Hall–Kier alpha value is -4.52. The van der Waals surface area contributed by atoms with Gasteiger partial charge in [0, 0.05) is 17.7 Å². The van der Waals surface area contributed by atoms with Crippen molar-refractivity contribution in [1.82, 2.24) is 0 Å². The van der Waals surface area contributed by atoms with Gasteiger partial charge in [-0.05, 0) is 82.5 Å². The van der Waals surface area contributed by atoms with Gasteiger partial charge in [0.25, 0.3) is 0 Å². The molecule has 0 bridgehead atoms. The van der Waals surface area contributed by atoms with E-state index in [4.69, 9.17) is 17.0 Å². The third-order valence-electron chi connectivity index (χ3n) is 10.6. The average molecular weight is 736 g/mol. The lowest BCUT2D eigenvalue weighted by Crippen LogP contribution is -2.55. The fourth-order valence-electron chi connectivity index (χ4n) is 7.64. The Bertz CT molecular complexity index is 2010. The first-order chi connectivity index (χ1) is 25.6. The van der Waals surface area contributed by atoms with Crippen molar-refractivity contribution in [3.05, 3.63) is 144 Å². The molecular weight excluding hydrogens is 694 g/mol. The third-order valence-corrected chi connectivity index (χ3v) is 10.9. The van der Waals surface area contributed by atoms with Crippen LogP contribution in [0.3, 0.4) is 0 Å². The topological polar surface area (TPSA) is 134 Å². The van der Waals surface area contributed by atoms with Crippen LogP contribution in [0.4, 0.5) is 10.1 Å². The summed E-state index contributed by atoms with van der Waals surface area (Å²) in [7, 11) is 0. The van der Waals surface area contributed by atoms with Crippen molar-refractivity contribution in [1.29, 1.82) is 0 Å². The number of aliphatic hydroxyl groups excluding tert-OH is 5. The third kappa shape index (κ3) is 7.63. The minimum absolute atomic E-state index is 0.0408. The zero-order valence-electron chi connectivity index (χ0n) is 28.8. The monoisotopic (exact) mass is 735 g/mol. The van der Waals surface area contributed by atoms with Gasteiger partial charge in [0.05, 0.1) is 23.7 Å². The molecule has 8 nitrogen and oxygen atoms in total. The van der Waals surface area contributed by atoms with E-state index in [2.05, 4.69) is 29.2 Å². The Morgan fingerprint density at radius 3 is 2.04 bits per heavy atom. The summed E-state index contributed by atoms with van der Waals surface area (Å²) in [6.07, 6.45) is -5.45. The highest BCUT2D eigenvalue weighted by atomic mass is 32.1. The van der Waals surface area contributed by atoms with Gasteiger partial charge < -0.3 is 40.3 Å². The van der Waals surface area contributed by atoms with Crippen molar-refractivity contribution >= 4 is 22.9 Å². The van der Waals surface area contributed by atoms with Crippen LogP contribution < -0.4 is 4.90 Å². The van der Waals surface area contributed by atoms with E-state index in [1.165, 1.54) is 12.1 Å². The Balaban J connectivity index is 1.17. The van der Waals surface area contributed by atoms with Gasteiger partial charge in [-0.15, -0.1) is 0 Å². The number of phenolic OH excluding ortho intramolecular Hbond substituents is 1. The number of phenols is 1. The van der Waals surface area contributed by atoms with Gasteiger partial charge in [-0.2, -0.15) is 0 Å². The molecule has 2 saturated heterocycles. The summed E-state index contributed by atoms with van der Waals surface area (Å²) in [5, 5.41) is 63.3. The fraction of sp³-hybridized carbons (Fsp3) is 0.279. The first kappa shape index (κ1) is 36.8. The predicted molar refractivity (Wildman–Crippen MR) is 205 cm³/mol. The van der Waals surface area contributed by atoms with Crippen LogP contribution in [0, 0.1) is 11.7 Å². The number of aromatic hydroxyl groups is 1. The van der Waals surface area contributed by atoms with Crippen molar-refractivity contribution in [2.24, 2.45) is 5.92 Å². The molecule has 0 amide bonds. The minimum atomic E-state index is -1.48. The van der Waals surface area contributed by atoms with Gasteiger partial charge in [0.2, 0.25) is 0 Å². The number of hydrogen-bond acceptors (Lipinski definition) is 8. The number of halogens is 1. The Morgan fingerprint density at radius 2 is 1.38 bits per heavy atom. The molecular formula is C43H42FNO7S. The zero-order chi connectivity index (χ0) is 37.2. The van der Waals surface area contributed by atoms with Gasteiger partial charge in [-0.1, -0.05) is 103 Å². The summed E-state index contributed by atoms with van der Waals surface area (Å²) < 4.78 is 19.3. The highest BCUT2D eigenvalue weighted by molar-refractivity contribution is 7.80. The maximum Gasteiger partial charge on any atom is 0.123 e. The molecule has 0 spiro atoms. The quantitative estimate of drug-likeness (QED) is 0.0859. The number of thiocarbonyl (C=S) groups is 1. The van der Waals surface area contributed by atoms with Crippen LogP contribution in [0.25, 0.3) is 22.3 Å². The van der Waals surface area contributed by atoms with Crippen LogP contribution in [0.2, 0.25) is 0 Å². The lowest BCUT2D eigenvalue weighted by molar-refractivity contribution is -0.231. The number of anilines is 1. The molecule has 274 valence electrons. The normalized spacial score (nSPS) is 25.1. The molecule has 0 radical (unpaired) electrons. The van der Waals surface area contributed by atoms with Crippen molar-refractivity contribution in [2.45, 2.75) is 61.9 Å². The predicted octanol–water partition coefficient (Wildman–Crippen LogP) is 6.79. The summed E-state index contributed by atoms with van der Waals surface area (Å²) >= 11 is 6.01. The zero-order valence-corrected chi connectivity index (χ0v) is 29.6. The van der Waals surface area contributed by atoms with E-state index in [1.807, 2.05) is 54.6 Å². The van der Waals surface area contributed by atoms with E-state index >= 15 is 0 Å². The standard InChI is InChI=1S/C43H42FNO7S/c44-32-16-10-28(11-17-32)35(47)21-15-31-23-38(53)45(33-18-12-26(13-19-33)25-4-2-1-3-5-25)39(31)34-20-14-30(22-36(34)48)27-6-8-29(9-7-27)43-42(51)41(50)40(49)37(24-46)52-43/h1-14,16-20,22,31,35,37,39-43,46-51H,15,21,23-24H2/t31-,35?,37-,39+,40-,41+,42-,43+/m1/s1. The van der Waals surface area contributed by atoms with Crippen molar-refractivity contribution < 1.29 is 39.8 Å². The molecule has 2 aliphatic heterocycles. The molecule has 0 aliphatic carbocycles. The van der Waals surface area contributed by atoms with Gasteiger partial charge in [-0.3, -0.25) is 0 Å². The van der Waals surface area contributed by atoms with Gasteiger partial charge in [-0.25, -0.2) is 4.39 Å². The Morgan fingerprint density at radius 1 is 0.755 bits per heavy atom. The average Bonchev–Trinajstić information content (AvgIpc) is 3.52. The van der Waals surface area contributed by atoms with E-state index < -0.39 is 43.2 Å². The molecule has 0 aromatic heterocycles. The smallest absolute Gasteiger partial charge is 0.123 e. The highest BCUT2D eigenvalue weighted by Gasteiger charge is 2.44. The first-order valence-corrected chi connectivity index (χ1v) is 18.2. The highest BCUT2D eigenvalue weighted by Crippen LogP contribution is 2.48. The largest absolute Gasteiger partial charge is 0.508 e. The molecule has 10 heteroatoms. The lowest BCUT2D eigenvalue weighted by Gasteiger charge is -2.40. The first-order valence-electron chi connectivity index (χ1n) is 17.8. The maximum atomic E-state index is 13.6. The van der Waals surface area contributed by atoms with E-state index in [0.717, 1.165) is 32.9 Å². The molecule has 2 fully saturated rings. The van der Waals surface area contributed by atoms with E-state index in [1.54, 1.807) is 30.3 Å². The second-order valence-corrected chi connectivity index (χ2v) is 14.3. The lowest BCUT2D eigenvalue weighted by atomic mass is 9.86. The summed E-state index contributed by atoms with van der Waals surface area (Å²) in [6, 6.07) is 36.5. The van der Waals surface area contributed by atoms with Crippen LogP contribution >= 0.6 is 12.2 Å². The van der Waals surface area contributed by atoms with Crippen molar-refractivity contribution in [3.8, 4) is 28.0 Å². The molecule has 6 N–H and O–H groups in total. The summed E-state index contributed by atoms with van der Waals surface area (Å²) in [5.74, 6) is -0.314. The number of hydrogen-bond donors (Lipinski definition) is 6. The Labute approximate surface area is 313 Å². The van der Waals surface area contributed by atoms with Gasteiger partial charge in [0.15, 0.2) is 0 Å². The van der Waals surface area contributed by atoms with Crippen LogP contribution in [-0.4, -0.2) is 66.7 Å². The Kier molecular flexibility index (Phi) is 11.0. The summed E-state index contributed by atoms with van der Waals surface area (Å²) in [4.78, 5) is 2.83. The van der Waals surface area contributed by atoms with Crippen LogP contribution in [0.5, 0.6) is 5.75 Å². The molecule has 5 aromatic rings. The van der Waals surface area contributed by atoms with E-state index in [9.17, 15) is 35.0 Å². The summed E-state index contributed by atoms with van der Waals surface area (Å²) in [5.41, 5.74) is 6.49.